The number of hydrogen-bond donors (Lipinski definition) is 0. The third-order valence-electron chi connectivity index (χ3n) is 3.15. The zero-order valence-corrected chi connectivity index (χ0v) is 11.0. The van der Waals surface area contributed by atoms with Gasteiger partial charge in [0.05, 0.1) is 7.11 Å². The highest BCUT2D eigenvalue weighted by atomic mass is 79.9. The summed E-state index contributed by atoms with van der Waals surface area (Å²) in [5.74, 6) is 1.57. The van der Waals surface area contributed by atoms with Crippen LogP contribution in [-0.4, -0.2) is 18.8 Å². The quantitative estimate of drug-likeness (QED) is 0.743. The normalized spacial score (nSPS) is 28.8. The molecule has 2 heterocycles. The van der Waals surface area contributed by atoms with Gasteiger partial charge in [-0.1, -0.05) is 15.9 Å². The average Bonchev–Trinajstić information content (AvgIpc) is 2.98. The Kier molecular flexibility index (Phi) is 2.04. The summed E-state index contributed by atoms with van der Waals surface area (Å²) in [6, 6.07) is 3.87. The Labute approximate surface area is 103 Å². The van der Waals surface area contributed by atoms with Crippen molar-refractivity contribution in [1.29, 1.82) is 0 Å². The maximum atomic E-state index is 6.00. The zero-order valence-electron chi connectivity index (χ0n) is 9.41. The molecular weight excluding hydrogens is 272 g/mol. The molecule has 1 fully saturated rings. The summed E-state index contributed by atoms with van der Waals surface area (Å²) in [7, 11) is 1.65. The van der Waals surface area contributed by atoms with Gasteiger partial charge in [0, 0.05) is 10.0 Å². The molecule has 0 N–H and O–H groups in total. The molecule has 0 bridgehead atoms. The maximum Gasteiger partial charge on any atom is 0.169 e. The lowest BCUT2D eigenvalue weighted by atomic mass is 9.94. The summed E-state index contributed by atoms with van der Waals surface area (Å²) in [4.78, 5) is 0. The molecule has 1 saturated heterocycles. The van der Waals surface area contributed by atoms with Crippen molar-refractivity contribution < 1.29 is 14.2 Å². The van der Waals surface area contributed by atoms with Gasteiger partial charge in [0.1, 0.15) is 17.8 Å². The van der Waals surface area contributed by atoms with E-state index in [0.29, 0.717) is 0 Å². The van der Waals surface area contributed by atoms with Crippen molar-refractivity contribution in [3.8, 4) is 11.5 Å². The molecule has 2 aliphatic heterocycles. The van der Waals surface area contributed by atoms with Gasteiger partial charge in [-0.2, -0.15) is 0 Å². The van der Waals surface area contributed by atoms with E-state index in [9.17, 15) is 0 Å². The van der Waals surface area contributed by atoms with E-state index in [4.69, 9.17) is 14.2 Å². The molecular formula is C12H13BrO3. The number of hydrogen-bond acceptors (Lipinski definition) is 3. The third kappa shape index (κ3) is 1.29. The Morgan fingerprint density at radius 2 is 2.12 bits per heavy atom. The van der Waals surface area contributed by atoms with Crippen molar-refractivity contribution in [2.75, 3.05) is 7.11 Å². The molecule has 0 aromatic heterocycles. The van der Waals surface area contributed by atoms with Crippen LogP contribution in [-0.2, 0) is 4.74 Å². The van der Waals surface area contributed by atoms with Crippen molar-refractivity contribution in [2.24, 2.45) is 0 Å². The predicted molar refractivity (Wildman–Crippen MR) is 63.0 cm³/mol. The van der Waals surface area contributed by atoms with Crippen molar-refractivity contribution >= 4 is 15.9 Å². The summed E-state index contributed by atoms with van der Waals surface area (Å²) in [5.41, 5.74) is 0.787. The first-order chi connectivity index (χ1) is 7.54. The molecule has 3 nitrogen and oxygen atoms in total. The third-order valence-corrected chi connectivity index (χ3v) is 3.84. The van der Waals surface area contributed by atoms with Crippen molar-refractivity contribution in [2.45, 2.75) is 31.7 Å². The summed E-state index contributed by atoms with van der Waals surface area (Å²) < 4.78 is 18.0. The van der Waals surface area contributed by atoms with Crippen LogP contribution in [0.1, 0.15) is 25.5 Å². The van der Waals surface area contributed by atoms with Gasteiger partial charge < -0.3 is 14.2 Å². The lowest BCUT2D eigenvalue weighted by molar-refractivity contribution is 0.0691. The van der Waals surface area contributed by atoms with E-state index < -0.39 is 0 Å². The fourth-order valence-corrected chi connectivity index (χ4v) is 2.81. The zero-order chi connectivity index (χ0) is 11.5. The van der Waals surface area contributed by atoms with E-state index in [1.165, 1.54) is 0 Å². The number of fused-ring (bicyclic) bond motifs is 3. The lowest BCUT2D eigenvalue weighted by Crippen LogP contribution is -2.38. The van der Waals surface area contributed by atoms with E-state index >= 15 is 0 Å². The summed E-state index contributed by atoms with van der Waals surface area (Å²) in [6.45, 7) is 4.09. The second-order valence-electron chi connectivity index (χ2n) is 4.68. The van der Waals surface area contributed by atoms with Crippen LogP contribution in [0.25, 0.3) is 0 Å². The van der Waals surface area contributed by atoms with Crippen LogP contribution in [0.3, 0.4) is 0 Å². The van der Waals surface area contributed by atoms with E-state index in [0.717, 1.165) is 21.5 Å². The van der Waals surface area contributed by atoms with Crippen LogP contribution in [0.15, 0.2) is 16.6 Å². The molecule has 2 atom stereocenters. The molecule has 86 valence electrons. The van der Waals surface area contributed by atoms with Gasteiger partial charge in [0.25, 0.3) is 0 Å². The minimum Gasteiger partial charge on any atom is -0.493 e. The van der Waals surface area contributed by atoms with Crippen LogP contribution in [0, 0.1) is 0 Å². The van der Waals surface area contributed by atoms with Gasteiger partial charge in [0.15, 0.2) is 11.5 Å². The second-order valence-corrected chi connectivity index (χ2v) is 5.53. The van der Waals surface area contributed by atoms with Crippen LogP contribution < -0.4 is 9.47 Å². The van der Waals surface area contributed by atoms with Gasteiger partial charge >= 0.3 is 0 Å². The highest BCUT2D eigenvalue weighted by molar-refractivity contribution is 9.10. The van der Waals surface area contributed by atoms with Crippen LogP contribution >= 0.6 is 15.9 Å². The Balaban J connectivity index is 2.18. The van der Waals surface area contributed by atoms with E-state index in [2.05, 4.69) is 15.9 Å². The van der Waals surface area contributed by atoms with Gasteiger partial charge in [-0.05, 0) is 26.0 Å². The van der Waals surface area contributed by atoms with Gasteiger partial charge in [-0.25, -0.2) is 0 Å². The number of benzene rings is 1. The minimum atomic E-state index is -0.286. The number of epoxide rings is 1. The minimum absolute atomic E-state index is 0.142. The molecule has 1 aromatic carbocycles. The number of rotatable bonds is 1. The molecule has 1 aromatic rings. The largest absolute Gasteiger partial charge is 0.493 e. The van der Waals surface area contributed by atoms with Crippen molar-refractivity contribution in [3.63, 3.8) is 0 Å². The highest BCUT2D eigenvalue weighted by Gasteiger charge is 2.58. The predicted octanol–water partition coefficient (Wildman–Crippen LogP) is 3.07. The van der Waals surface area contributed by atoms with Crippen LogP contribution in [0.5, 0.6) is 11.5 Å². The smallest absolute Gasteiger partial charge is 0.169 e. The molecule has 0 spiro atoms. The van der Waals surface area contributed by atoms with Gasteiger partial charge in [-0.3, -0.25) is 0 Å². The monoisotopic (exact) mass is 284 g/mol. The van der Waals surface area contributed by atoms with Crippen LogP contribution in [0.2, 0.25) is 0 Å². The first kappa shape index (κ1) is 10.4. The van der Waals surface area contributed by atoms with Crippen molar-refractivity contribution in [3.05, 3.63) is 22.2 Å². The van der Waals surface area contributed by atoms with Crippen LogP contribution in [0.4, 0.5) is 0 Å². The molecule has 16 heavy (non-hydrogen) atoms. The number of halogens is 1. The molecule has 4 heteroatoms. The highest BCUT2D eigenvalue weighted by Crippen LogP contribution is 2.58. The molecule has 0 aliphatic carbocycles. The van der Waals surface area contributed by atoms with Gasteiger partial charge in [-0.15, -0.1) is 0 Å². The Bertz CT molecular complexity index is 456. The number of methoxy groups -OCH3 is 1. The van der Waals surface area contributed by atoms with E-state index in [1.54, 1.807) is 7.11 Å². The standard InChI is InChI=1S/C12H13BrO3/c1-12(2)11-10(15-11)8-6(13)4-5-7(14-3)9(8)16-12/h4-5,10-11H,1-3H3. The Morgan fingerprint density at radius 1 is 1.38 bits per heavy atom. The average molecular weight is 285 g/mol. The first-order valence-corrected chi connectivity index (χ1v) is 6.05. The first-order valence-electron chi connectivity index (χ1n) is 5.25. The molecule has 2 aliphatic rings. The summed E-state index contributed by atoms with van der Waals surface area (Å²) in [6.07, 6.45) is 0.298. The Morgan fingerprint density at radius 3 is 2.81 bits per heavy atom. The maximum absolute atomic E-state index is 6.00. The van der Waals surface area contributed by atoms with Gasteiger partial charge in [0.2, 0.25) is 0 Å². The van der Waals surface area contributed by atoms with E-state index in [-0.39, 0.29) is 17.8 Å². The fourth-order valence-electron chi connectivity index (χ4n) is 2.27. The van der Waals surface area contributed by atoms with E-state index in [1.807, 2.05) is 26.0 Å². The topological polar surface area (TPSA) is 31.0 Å². The summed E-state index contributed by atoms with van der Waals surface area (Å²) >= 11 is 3.53. The number of ether oxygens (including phenoxy) is 3. The molecule has 2 unspecified atom stereocenters. The SMILES string of the molecule is COc1ccc(Br)c2c1OC(C)(C)C1OC21. The molecule has 3 rings (SSSR count). The lowest BCUT2D eigenvalue weighted by Gasteiger charge is -2.30. The second kappa shape index (κ2) is 3.14. The molecule has 0 amide bonds. The summed E-state index contributed by atoms with van der Waals surface area (Å²) in [5, 5.41) is 0. The van der Waals surface area contributed by atoms with Crippen molar-refractivity contribution in [1.82, 2.24) is 0 Å². The molecule has 0 radical (unpaired) electrons. The molecule has 0 saturated carbocycles. The Hall–Kier alpha value is -0.740. The fraction of sp³-hybridized carbons (Fsp3) is 0.500.